The van der Waals surface area contributed by atoms with Crippen LogP contribution in [-0.4, -0.2) is 48.9 Å². The zero-order chi connectivity index (χ0) is 9.47. The molecule has 0 aromatic carbocycles. The van der Waals surface area contributed by atoms with Crippen molar-refractivity contribution in [3.63, 3.8) is 0 Å². The van der Waals surface area contributed by atoms with E-state index in [4.69, 9.17) is 0 Å². The fourth-order valence-electron chi connectivity index (χ4n) is 2.60. The highest BCUT2D eigenvalue weighted by Crippen LogP contribution is 2.39. The van der Waals surface area contributed by atoms with Gasteiger partial charge in [-0.25, -0.2) is 0 Å². The molecule has 3 nitrogen and oxygen atoms in total. The van der Waals surface area contributed by atoms with Crippen LogP contribution >= 0.6 is 0 Å². The van der Waals surface area contributed by atoms with Crippen molar-refractivity contribution in [3.05, 3.63) is 0 Å². The highest BCUT2D eigenvalue weighted by atomic mass is 16.2. The third-order valence-electron chi connectivity index (χ3n) is 3.61. The second kappa shape index (κ2) is 2.98. The Morgan fingerprint density at radius 1 is 1.38 bits per heavy atom. The Kier molecular flexibility index (Phi) is 2.06. The number of nitrogens with zero attached hydrogens (tertiary/aromatic N) is 2. The van der Waals surface area contributed by atoms with Crippen LogP contribution in [0, 0.1) is 5.41 Å². The number of hydrogen-bond donors (Lipinski definition) is 0. The normalized spacial score (nSPS) is 35.2. The van der Waals surface area contributed by atoms with Gasteiger partial charge in [0.25, 0.3) is 0 Å². The van der Waals surface area contributed by atoms with E-state index < -0.39 is 0 Å². The van der Waals surface area contributed by atoms with Gasteiger partial charge in [-0.1, -0.05) is 6.92 Å². The summed E-state index contributed by atoms with van der Waals surface area (Å²) in [6, 6.07) is 0. The zero-order valence-corrected chi connectivity index (χ0v) is 8.55. The Labute approximate surface area is 79.7 Å². The van der Waals surface area contributed by atoms with Crippen LogP contribution in [0.4, 0.5) is 0 Å². The fourth-order valence-corrected chi connectivity index (χ4v) is 2.60. The standard InChI is InChI=1S/C10H18N2O/c1-3-12-7-5-10(8-12)4-6-11(2)9(10)13/h3-8H2,1-2H3. The molecular formula is C10H18N2O. The maximum atomic E-state index is 11.9. The number of carbonyl (C=O) groups is 1. The van der Waals surface area contributed by atoms with E-state index in [0.717, 1.165) is 39.0 Å². The summed E-state index contributed by atoms with van der Waals surface area (Å²) in [6.45, 7) is 6.31. The minimum atomic E-state index is 0.00472. The molecule has 1 spiro atoms. The summed E-state index contributed by atoms with van der Waals surface area (Å²) < 4.78 is 0. The summed E-state index contributed by atoms with van der Waals surface area (Å²) in [7, 11) is 1.92. The first kappa shape index (κ1) is 9.00. The van der Waals surface area contributed by atoms with Crippen molar-refractivity contribution in [1.29, 1.82) is 0 Å². The average molecular weight is 182 g/mol. The van der Waals surface area contributed by atoms with Gasteiger partial charge in [0.2, 0.25) is 5.91 Å². The summed E-state index contributed by atoms with van der Waals surface area (Å²) >= 11 is 0. The Morgan fingerprint density at radius 3 is 2.54 bits per heavy atom. The quantitative estimate of drug-likeness (QED) is 0.591. The molecule has 2 rings (SSSR count). The first-order chi connectivity index (χ1) is 6.18. The number of hydrogen-bond acceptors (Lipinski definition) is 2. The van der Waals surface area contributed by atoms with Crippen LogP contribution in [0.2, 0.25) is 0 Å². The van der Waals surface area contributed by atoms with E-state index >= 15 is 0 Å². The van der Waals surface area contributed by atoms with Crippen molar-refractivity contribution >= 4 is 5.91 Å². The Bertz CT molecular complexity index is 229. The second-order valence-electron chi connectivity index (χ2n) is 4.38. The van der Waals surface area contributed by atoms with E-state index in [1.165, 1.54) is 0 Å². The molecule has 0 aromatic heterocycles. The summed E-state index contributed by atoms with van der Waals surface area (Å²) in [5.41, 5.74) is 0.00472. The van der Waals surface area contributed by atoms with E-state index in [2.05, 4.69) is 11.8 Å². The fraction of sp³-hybridized carbons (Fsp3) is 0.900. The number of likely N-dealkylation sites (tertiary alicyclic amines) is 2. The lowest BCUT2D eigenvalue weighted by Crippen LogP contribution is -2.35. The molecule has 1 atom stereocenters. The molecule has 2 aliphatic rings. The summed E-state index contributed by atoms with van der Waals surface area (Å²) in [4.78, 5) is 16.2. The van der Waals surface area contributed by atoms with E-state index in [1.807, 2.05) is 11.9 Å². The molecule has 2 saturated heterocycles. The molecule has 2 fully saturated rings. The van der Waals surface area contributed by atoms with Gasteiger partial charge in [0.1, 0.15) is 0 Å². The minimum Gasteiger partial charge on any atom is -0.345 e. The van der Waals surface area contributed by atoms with Crippen LogP contribution < -0.4 is 0 Å². The number of amides is 1. The van der Waals surface area contributed by atoms with Crippen molar-refractivity contribution < 1.29 is 4.79 Å². The minimum absolute atomic E-state index is 0.00472. The largest absolute Gasteiger partial charge is 0.345 e. The van der Waals surface area contributed by atoms with E-state index in [-0.39, 0.29) is 5.41 Å². The van der Waals surface area contributed by atoms with Crippen LogP contribution in [-0.2, 0) is 4.79 Å². The van der Waals surface area contributed by atoms with Gasteiger partial charge < -0.3 is 9.80 Å². The van der Waals surface area contributed by atoms with Gasteiger partial charge in [0, 0.05) is 20.1 Å². The lowest BCUT2D eigenvalue weighted by Gasteiger charge is -2.21. The molecule has 0 radical (unpaired) electrons. The van der Waals surface area contributed by atoms with Crippen LogP contribution in [0.3, 0.4) is 0 Å². The van der Waals surface area contributed by atoms with Gasteiger partial charge in [0.15, 0.2) is 0 Å². The van der Waals surface area contributed by atoms with Gasteiger partial charge >= 0.3 is 0 Å². The van der Waals surface area contributed by atoms with Crippen molar-refractivity contribution in [2.75, 3.05) is 33.2 Å². The maximum Gasteiger partial charge on any atom is 0.229 e. The number of rotatable bonds is 1. The van der Waals surface area contributed by atoms with Crippen LogP contribution in [0.25, 0.3) is 0 Å². The first-order valence-electron chi connectivity index (χ1n) is 5.16. The predicted octanol–water partition coefficient (Wildman–Crippen LogP) is 0.560. The average Bonchev–Trinajstić information content (AvgIpc) is 2.67. The Hall–Kier alpha value is -0.570. The lowest BCUT2D eigenvalue weighted by molar-refractivity contribution is -0.134. The zero-order valence-electron chi connectivity index (χ0n) is 8.55. The van der Waals surface area contributed by atoms with Gasteiger partial charge in [-0.3, -0.25) is 4.79 Å². The van der Waals surface area contributed by atoms with Crippen molar-refractivity contribution in [1.82, 2.24) is 9.80 Å². The van der Waals surface area contributed by atoms with Crippen molar-refractivity contribution in [2.24, 2.45) is 5.41 Å². The molecule has 0 saturated carbocycles. The predicted molar refractivity (Wildman–Crippen MR) is 51.4 cm³/mol. The molecule has 0 N–H and O–H groups in total. The van der Waals surface area contributed by atoms with Crippen LogP contribution in [0.15, 0.2) is 0 Å². The van der Waals surface area contributed by atoms with Crippen molar-refractivity contribution in [2.45, 2.75) is 19.8 Å². The maximum absolute atomic E-state index is 11.9. The molecule has 1 amide bonds. The van der Waals surface area contributed by atoms with Gasteiger partial charge in [0.05, 0.1) is 5.41 Å². The molecule has 13 heavy (non-hydrogen) atoms. The molecule has 2 heterocycles. The summed E-state index contributed by atoms with van der Waals surface area (Å²) in [5.74, 6) is 0.378. The third-order valence-corrected chi connectivity index (χ3v) is 3.61. The smallest absolute Gasteiger partial charge is 0.229 e. The van der Waals surface area contributed by atoms with Crippen LogP contribution in [0.1, 0.15) is 19.8 Å². The SMILES string of the molecule is CCN1CCC2(CCN(C)C2=O)C1. The highest BCUT2D eigenvalue weighted by molar-refractivity contribution is 5.85. The van der Waals surface area contributed by atoms with E-state index in [0.29, 0.717) is 5.91 Å². The molecule has 2 aliphatic heterocycles. The highest BCUT2D eigenvalue weighted by Gasteiger charge is 2.49. The molecule has 74 valence electrons. The van der Waals surface area contributed by atoms with Gasteiger partial charge in [-0.05, 0) is 25.9 Å². The third kappa shape index (κ3) is 1.26. The number of carbonyl (C=O) groups excluding carboxylic acids is 1. The van der Waals surface area contributed by atoms with Gasteiger partial charge in [-0.15, -0.1) is 0 Å². The monoisotopic (exact) mass is 182 g/mol. The summed E-state index contributed by atoms with van der Waals surface area (Å²) in [6.07, 6.45) is 2.14. The molecule has 0 bridgehead atoms. The van der Waals surface area contributed by atoms with Crippen molar-refractivity contribution in [3.8, 4) is 0 Å². The molecular weight excluding hydrogens is 164 g/mol. The summed E-state index contributed by atoms with van der Waals surface area (Å²) in [5, 5.41) is 0. The Morgan fingerprint density at radius 2 is 2.08 bits per heavy atom. The molecule has 1 unspecified atom stereocenters. The van der Waals surface area contributed by atoms with Crippen LogP contribution in [0.5, 0.6) is 0 Å². The molecule has 0 aromatic rings. The Balaban J connectivity index is 2.11. The first-order valence-corrected chi connectivity index (χ1v) is 5.16. The van der Waals surface area contributed by atoms with E-state index in [1.54, 1.807) is 0 Å². The molecule has 0 aliphatic carbocycles. The lowest BCUT2D eigenvalue weighted by atomic mass is 9.86. The molecule has 3 heteroatoms. The van der Waals surface area contributed by atoms with Gasteiger partial charge in [-0.2, -0.15) is 0 Å². The topological polar surface area (TPSA) is 23.6 Å². The van der Waals surface area contributed by atoms with E-state index in [9.17, 15) is 4.79 Å². The second-order valence-corrected chi connectivity index (χ2v) is 4.38.